The molecule has 0 saturated heterocycles. The highest BCUT2D eigenvalue weighted by atomic mass is 16.5. The van der Waals surface area contributed by atoms with Gasteiger partial charge in [-0.3, -0.25) is 4.98 Å². The van der Waals surface area contributed by atoms with Crippen LogP contribution in [-0.4, -0.2) is 21.2 Å². The first-order valence-corrected chi connectivity index (χ1v) is 6.66. The Balaban J connectivity index is 1.80. The first-order chi connectivity index (χ1) is 9.18. The van der Waals surface area contributed by atoms with Gasteiger partial charge in [-0.25, -0.2) is 0 Å². The highest BCUT2D eigenvalue weighted by molar-refractivity contribution is 5.17. The van der Waals surface area contributed by atoms with Crippen LogP contribution in [0.5, 0.6) is 0 Å². The average Bonchev–Trinajstić information content (AvgIpc) is 3.00. The van der Waals surface area contributed by atoms with Gasteiger partial charge in [-0.1, -0.05) is 11.6 Å². The molecule has 100 valence electrons. The normalized spacial score (nSPS) is 26.7. The zero-order valence-corrected chi connectivity index (χ0v) is 11.0. The van der Waals surface area contributed by atoms with E-state index in [1.165, 1.54) is 0 Å². The van der Waals surface area contributed by atoms with Crippen LogP contribution >= 0.6 is 0 Å². The molecule has 1 aliphatic carbocycles. The van der Waals surface area contributed by atoms with E-state index in [0.29, 0.717) is 18.1 Å². The Labute approximate surface area is 112 Å². The molecule has 0 amide bonds. The van der Waals surface area contributed by atoms with Crippen LogP contribution in [0.2, 0.25) is 0 Å². The molecule has 3 rings (SSSR count). The van der Waals surface area contributed by atoms with Crippen LogP contribution in [-0.2, 0) is 11.8 Å². The molecule has 0 radical (unpaired) electrons. The minimum absolute atomic E-state index is 0.113. The first kappa shape index (κ1) is 12.3. The zero-order valence-electron chi connectivity index (χ0n) is 11.0. The predicted molar refractivity (Wildman–Crippen MR) is 70.5 cm³/mol. The van der Waals surface area contributed by atoms with E-state index in [2.05, 4.69) is 22.0 Å². The summed E-state index contributed by atoms with van der Waals surface area (Å²) in [7, 11) is 0. The lowest BCUT2D eigenvalue weighted by molar-refractivity contribution is 0.276. The second kappa shape index (κ2) is 4.74. The van der Waals surface area contributed by atoms with Gasteiger partial charge in [-0.2, -0.15) is 4.98 Å². The summed E-state index contributed by atoms with van der Waals surface area (Å²) in [6.07, 6.45) is 7.37. The number of pyridine rings is 1. The Morgan fingerprint density at radius 3 is 2.89 bits per heavy atom. The van der Waals surface area contributed by atoms with Crippen LogP contribution in [0, 0.1) is 0 Å². The predicted octanol–water partition coefficient (Wildman–Crippen LogP) is 1.82. The number of nitrogens with two attached hydrogens (primary N) is 1. The smallest absolute Gasteiger partial charge is 0.234 e. The first-order valence-electron chi connectivity index (χ1n) is 6.66. The Bertz CT molecular complexity index is 554. The minimum atomic E-state index is -0.163. The highest BCUT2D eigenvalue weighted by Crippen LogP contribution is 2.38. The summed E-state index contributed by atoms with van der Waals surface area (Å²) in [6, 6.07) is 4.03. The van der Waals surface area contributed by atoms with Crippen molar-refractivity contribution < 1.29 is 4.52 Å². The van der Waals surface area contributed by atoms with Crippen molar-refractivity contribution in [2.75, 3.05) is 0 Å². The molecule has 2 aromatic rings. The molecule has 2 atom stereocenters. The summed E-state index contributed by atoms with van der Waals surface area (Å²) in [4.78, 5) is 8.53. The third-order valence-corrected chi connectivity index (χ3v) is 4.10. The van der Waals surface area contributed by atoms with E-state index in [4.69, 9.17) is 10.3 Å². The lowest BCUT2D eigenvalue weighted by Crippen LogP contribution is -2.38. The Kier molecular flexibility index (Phi) is 3.06. The van der Waals surface area contributed by atoms with Gasteiger partial charge in [0.15, 0.2) is 5.82 Å². The van der Waals surface area contributed by atoms with E-state index >= 15 is 0 Å². The molecule has 1 aliphatic rings. The van der Waals surface area contributed by atoms with Crippen molar-refractivity contribution in [3.63, 3.8) is 0 Å². The Hall–Kier alpha value is -1.75. The minimum Gasteiger partial charge on any atom is -0.339 e. The summed E-state index contributed by atoms with van der Waals surface area (Å²) in [5, 5.41) is 4.07. The van der Waals surface area contributed by atoms with Gasteiger partial charge < -0.3 is 10.3 Å². The molecule has 2 aromatic heterocycles. The molecule has 0 aliphatic heterocycles. The molecule has 1 fully saturated rings. The second-order valence-electron chi connectivity index (χ2n) is 5.46. The third kappa shape index (κ3) is 2.26. The molecule has 0 aromatic carbocycles. The fraction of sp³-hybridized carbons (Fsp3) is 0.500. The van der Waals surface area contributed by atoms with Crippen LogP contribution in [0.15, 0.2) is 29.0 Å². The summed E-state index contributed by atoms with van der Waals surface area (Å²) in [6.45, 7) is 2.12. The number of nitrogens with zero attached hydrogens (tertiary/aromatic N) is 3. The molecule has 2 N–H and O–H groups in total. The van der Waals surface area contributed by atoms with Gasteiger partial charge >= 0.3 is 0 Å². The monoisotopic (exact) mass is 258 g/mol. The number of rotatable bonds is 3. The molecule has 19 heavy (non-hydrogen) atoms. The van der Waals surface area contributed by atoms with E-state index in [1.807, 2.05) is 12.1 Å². The number of hydrogen-bond acceptors (Lipinski definition) is 5. The van der Waals surface area contributed by atoms with Gasteiger partial charge in [0, 0.05) is 24.9 Å². The van der Waals surface area contributed by atoms with Crippen LogP contribution in [0.3, 0.4) is 0 Å². The van der Waals surface area contributed by atoms with Crippen LogP contribution in [0.1, 0.15) is 43.5 Å². The molecule has 0 bridgehead atoms. The molecule has 2 unspecified atom stereocenters. The average molecular weight is 258 g/mol. The summed E-state index contributed by atoms with van der Waals surface area (Å²) in [5.74, 6) is 1.39. The topological polar surface area (TPSA) is 77.8 Å². The molecule has 1 saturated carbocycles. The number of hydrogen-bond donors (Lipinski definition) is 1. The second-order valence-corrected chi connectivity index (χ2v) is 5.46. The van der Waals surface area contributed by atoms with Crippen molar-refractivity contribution in [3.8, 4) is 0 Å². The van der Waals surface area contributed by atoms with E-state index < -0.39 is 0 Å². The molecule has 2 heterocycles. The van der Waals surface area contributed by atoms with Gasteiger partial charge in [0.2, 0.25) is 5.89 Å². The molecular formula is C14H18N4O. The van der Waals surface area contributed by atoms with Crippen molar-refractivity contribution in [1.29, 1.82) is 0 Å². The van der Waals surface area contributed by atoms with E-state index in [9.17, 15) is 0 Å². The van der Waals surface area contributed by atoms with Crippen LogP contribution in [0.25, 0.3) is 0 Å². The van der Waals surface area contributed by atoms with E-state index in [1.54, 1.807) is 12.4 Å². The third-order valence-electron chi connectivity index (χ3n) is 4.10. The van der Waals surface area contributed by atoms with Gasteiger partial charge in [0.1, 0.15) is 0 Å². The number of aromatic nitrogens is 3. The summed E-state index contributed by atoms with van der Waals surface area (Å²) in [5.41, 5.74) is 7.14. The zero-order chi connectivity index (χ0) is 13.3. The molecule has 5 heteroatoms. The van der Waals surface area contributed by atoms with Crippen LogP contribution in [0.4, 0.5) is 0 Å². The quantitative estimate of drug-likeness (QED) is 0.908. The Morgan fingerprint density at radius 1 is 1.42 bits per heavy atom. The lowest BCUT2D eigenvalue weighted by Gasteiger charge is -2.23. The van der Waals surface area contributed by atoms with Gasteiger partial charge in [0.05, 0.1) is 5.41 Å². The molecule has 0 spiro atoms. The van der Waals surface area contributed by atoms with Crippen molar-refractivity contribution >= 4 is 0 Å². The van der Waals surface area contributed by atoms with E-state index in [0.717, 1.165) is 24.8 Å². The van der Waals surface area contributed by atoms with Crippen molar-refractivity contribution in [2.24, 2.45) is 5.73 Å². The van der Waals surface area contributed by atoms with Gasteiger partial charge in [-0.15, -0.1) is 0 Å². The van der Waals surface area contributed by atoms with Gasteiger partial charge in [-0.05, 0) is 37.5 Å². The summed E-state index contributed by atoms with van der Waals surface area (Å²) >= 11 is 0. The van der Waals surface area contributed by atoms with E-state index in [-0.39, 0.29) is 11.5 Å². The van der Waals surface area contributed by atoms with Crippen molar-refractivity contribution in [3.05, 3.63) is 41.8 Å². The largest absolute Gasteiger partial charge is 0.339 e. The maximum Gasteiger partial charge on any atom is 0.234 e. The SMILES string of the molecule is CC1(c2nc(Cc3ccncc3)no2)CCCC1N. The van der Waals surface area contributed by atoms with Crippen molar-refractivity contribution in [1.82, 2.24) is 15.1 Å². The molecule has 5 nitrogen and oxygen atoms in total. The van der Waals surface area contributed by atoms with Crippen LogP contribution < -0.4 is 5.73 Å². The maximum atomic E-state index is 6.17. The highest BCUT2D eigenvalue weighted by Gasteiger charge is 2.42. The fourth-order valence-electron chi connectivity index (χ4n) is 2.70. The van der Waals surface area contributed by atoms with Gasteiger partial charge in [0.25, 0.3) is 0 Å². The molecular weight excluding hydrogens is 240 g/mol. The lowest BCUT2D eigenvalue weighted by atomic mass is 9.85. The maximum absolute atomic E-state index is 6.17. The summed E-state index contributed by atoms with van der Waals surface area (Å²) < 4.78 is 5.44. The van der Waals surface area contributed by atoms with Crippen molar-refractivity contribution in [2.45, 2.75) is 44.1 Å². The fourth-order valence-corrected chi connectivity index (χ4v) is 2.70. The Morgan fingerprint density at radius 2 is 2.21 bits per heavy atom. The standard InChI is InChI=1S/C14H18N4O/c1-14(6-2-3-11(14)15)13-17-12(18-19-13)9-10-4-7-16-8-5-10/h4-5,7-8,11H,2-3,6,9,15H2,1H3.